The molecule has 0 aliphatic rings. The van der Waals surface area contributed by atoms with Crippen LogP contribution < -0.4 is 9.44 Å². The predicted molar refractivity (Wildman–Crippen MR) is 89.4 cm³/mol. The molecule has 0 saturated heterocycles. The highest BCUT2D eigenvalue weighted by atomic mass is 32.2. The van der Waals surface area contributed by atoms with E-state index in [1.807, 2.05) is 0 Å². The van der Waals surface area contributed by atoms with Crippen LogP contribution in [0.2, 0.25) is 0 Å². The summed E-state index contributed by atoms with van der Waals surface area (Å²) in [4.78, 5) is -0.118. The first-order valence-electron chi connectivity index (χ1n) is 7.50. The minimum atomic E-state index is -3.76. The quantitative estimate of drug-likeness (QED) is 0.444. The Balaban J connectivity index is 2.77. The van der Waals surface area contributed by atoms with Crippen molar-refractivity contribution in [2.24, 2.45) is 0 Å². The second kappa shape index (κ2) is 8.88. The molecule has 0 aromatic heterocycles. The van der Waals surface area contributed by atoms with E-state index in [0.717, 1.165) is 0 Å². The molecule has 0 bridgehead atoms. The van der Waals surface area contributed by atoms with Gasteiger partial charge in [-0.15, -0.1) is 0 Å². The van der Waals surface area contributed by atoms with Crippen LogP contribution in [0.3, 0.4) is 0 Å². The first kappa shape index (κ1) is 21.0. The van der Waals surface area contributed by atoms with Gasteiger partial charge in [0, 0.05) is 13.1 Å². The van der Waals surface area contributed by atoms with Gasteiger partial charge < -0.3 is 10.2 Å². The fraction of sp³-hybridized carbons (Fsp3) is 0.571. The van der Waals surface area contributed by atoms with Gasteiger partial charge in [0.05, 0.1) is 22.0 Å². The Bertz CT molecular complexity index is 649. The molecule has 8 nitrogen and oxygen atoms in total. The van der Waals surface area contributed by atoms with Gasteiger partial charge in [0.1, 0.15) is 0 Å². The number of aliphatic hydroxyl groups excluding tert-OH is 2. The third kappa shape index (κ3) is 6.83. The lowest BCUT2D eigenvalue weighted by Crippen LogP contribution is -2.28. The summed E-state index contributed by atoms with van der Waals surface area (Å²) in [6.07, 6.45) is -0.682. The molecule has 0 fully saturated rings. The summed E-state index contributed by atoms with van der Waals surface area (Å²) in [5.41, 5.74) is 0. The van der Waals surface area contributed by atoms with Gasteiger partial charge in [-0.05, 0) is 51.0 Å². The van der Waals surface area contributed by atoms with Gasteiger partial charge in [0.2, 0.25) is 20.0 Å². The van der Waals surface area contributed by atoms with Crippen molar-refractivity contribution in [1.82, 2.24) is 9.44 Å². The van der Waals surface area contributed by atoms with E-state index in [1.54, 1.807) is 13.8 Å². The lowest BCUT2D eigenvalue weighted by Gasteiger charge is -2.10. The van der Waals surface area contributed by atoms with E-state index in [2.05, 4.69) is 9.44 Å². The highest BCUT2D eigenvalue weighted by molar-refractivity contribution is 7.90. The highest BCUT2D eigenvalue weighted by Crippen LogP contribution is 2.14. The van der Waals surface area contributed by atoms with Crippen molar-refractivity contribution in [2.45, 2.75) is 48.7 Å². The maximum atomic E-state index is 12.0. The van der Waals surface area contributed by atoms with E-state index in [-0.39, 0.29) is 35.7 Å². The topological polar surface area (TPSA) is 133 Å². The molecule has 0 unspecified atom stereocenters. The Labute approximate surface area is 143 Å². The zero-order chi connectivity index (χ0) is 18.4. The molecule has 1 rings (SSSR count). The van der Waals surface area contributed by atoms with E-state index < -0.39 is 32.3 Å². The Morgan fingerprint density at radius 1 is 0.792 bits per heavy atom. The Kier molecular flexibility index (Phi) is 7.77. The van der Waals surface area contributed by atoms with Gasteiger partial charge >= 0.3 is 0 Å². The van der Waals surface area contributed by atoms with Crippen LogP contribution in [0.1, 0.15) is 26.7 Å². The van der Waals surface area contributed by atoms with Gasteiger partial charge in [0.15, 0.2) is 0 Å². The molecule has 2 atom stereocenters. The number of rotatable bonds is 10. The SMILES string of the molecule is C[C@@H](O)CCNS(=O)(=O)c1ccc(S(=O)(=O)NCC[C@@H](C)O)cc1. The molecule has 0 aliphatic heterocycles. The second-order valence-corrected chi connectivity index (χ2v) is 9.08. The fourth-order valence-corrected chi connectivity index (χ4v) is 3.86. The molecule has 0 amide bonds. The van der Waals surface area contributed by atoms with Gasteiger partial charge in [-0.1, -0.05) is 0 Å². The first-order chi connectivity index (χ1) is 11.0. The number of hydrogen-bond donors (Lipinski definition) is 4. The largest absolute Gasteiger partial charge is 0.393 e. The lowest BCUT2D eigenvalue weighted by molar-refractivity contribution is 0.185. The molecule has 0 aliphatic carbocycles. The summed E-state index contributed by atoms with van der Waals surface area (Å²) in [6.45, 7) is 3.28. The molecule has 0 heterocycles. The Hall–Kier alpha value is -1.04. The second-order valence-electron chi connectivity index (χ2n) is 5.54. The summed E-state index contributed by atoms with van der Waals surface area (Å²) in [5, 5.41) is 18.3. The average Bonchev–Trinajstić information content (AvgIpc) is 2.46. The number of nitrogens with one attached hydrogen (secondary N) is 2. The molecule has 10 heteroatoms. The third-order valence-corrected chi connectivity index (χ3v) is 6.11. The van der Waals surface area contributed by atoms with E-state index in [1.165, 1.54) is 24.3 Å². The van der Waals surface area contributed by atoms with E-state index >= 15 is 0 Å². The molecule has 4 N–H and O–H groups in total. The number of aliphatic hydroxyl groups is 2. The lowest BCUT2D eigenvalue weighted by atomic mass is 10.3. The number of sulfonamides is 2. The van der Waals surface area contributed by atoms with Crippen LogP contribution in [-0.4, -0.2) is 52.3 Å². The summed E-state index contributed by atoms with van der Waals surface area (Å²) < 4.78 is 52.8. The Morgan fingerprint density at radius 3 is 1.33 bits per heavy atom. The van der Waals surface area contributed by atoms with E-state index in [0.29, 0.717) is 0 Å². The average molecular weight is 380 g/mol. The normalized spacial score (nSPS) is 15.2. The van der Waals surface area contributed by atoms with Crippen LogP contribution in [-0.2, 0) is 20.0 Å². The minimum Gasteiger partial charge on any atom is -0.393 e. The van der Waals surface area contributed by atoms with Crippen molar-refractivity contribution < 1.29 is 27.0 Å². The molecular weight excluding hydrogens is 356 g/mol. The summed E-state index contributed by atoms with van der Waals surface area (Å²) in [5.74, 6) is 0. The molecule has 0 spiro atoms. The third-order valence-electron chi connectivity index (χ3n) is 3.15. The smallest absolute Gasteiger partial charge is 0.240 e. The summed E-state index contributed by atoms with van der Waals surface area (Å²) in [6, 6.07) is 4.81. The number of benzene rings is 1. The van der Waals surface area contributed by atoms with Crippen molar-refractivity contribution >= 4 is 20.0 Å². The molecule has 0 saturated carbocycles. The minimum absolute atomic E-state index is 0.0592. The molecule has 24 heavy (non-hydrogen) atoms. The van der Waals surface area contributed by atoms with Crippen molar-refractivity contribution in [1.29, 1.82) is 0 Å². The fourth-order valence-electron chi connectivity index (χ4n) is 1.77. The maximum Gasteiger partial charge on any atom is 0.240 e. The van der Waals surface area contributed by atoms with Crippen LogP contribution in [0.25, 0.3) is 0 Å². The van der Waals surface area contributed by atoms with Crippen molar-refractivity contribution in [2.75, 3.05) is 13.1 Å². The molecule has 1 aromatic rings. The van der Waals surface area contributed by atoms with Gasteiger partial charge in [-0.25, -0.2) is 26.3 Å². The standard InChI is InChI=1S/C14H24N2O6S2/c1-11(17)7-9-15-23(19,20)13-3-5-14(6-4-13)24(21,22)16-10-8-12(2)18/h3-6,11-12,15-18H,7-10H2,1-2H3/t11-,12-/m1/s1. The van der Waals surface area contributed by atoms with E-state index in [9.17, 15) is 16.8 Å². The van der Waals surface area contributed by atoms with Crippen molar-refractivity contribution in [3.05, 3.63) is 24.3 Å². The van der Waals surface area contributed by atoms with Gasteiger partial charge in [0.25, 0.3) is 0 Å². The summed E-state index contributed by atoms with van der Waals surface area (Å²) in [7, 11) is -7.51. The van der Waals surface area contributed by atoms with Crippen LogP contribution >= 0.6 is 0 Å². The maximum absolute atomic E-state index is 12.0. The molecule has 1 aromatic carbocycles. The van der Waals surface area contributed by atoms with E-state index in [4.69, 9.17) is 10.2 Å². The molecule has 0 radical (unpaired) electrons. The Morgan fingerprint density at radius 2 is 1.08 bits per heavy atom. The predicted octanol–water partition coefficient (Wildman–Crippen LogP) is -0.215. The van der Waals surface area contributed by atoms with Crippen LogP contribution in [0.4, 0.5) is 0 Å². The van der Waals surface area contributed by atoms with Crippen molar-refractivity contribution in [3.8, 4) is 0 Å². The van der Waals surface area contributed by atoms with Crippen molar-refractivity contribution in [3.63, 3.8) is 0 Å². The van der Waals surface area contributed by atoms with Crippen LogP contribution in [0.5, 0.6) is 0 Å². The zero-order valence-corrected chi connectivity index (χ0v) is 15.3. The monoisotopic (exact) mass is 380 g/mol. The van der Waals surface area contributed by atoms with Gasteiger partial charge in [-0.2, -0.15) is 0 Å². The van der Waals surface area contributed by atoms with Crippen LogP contribution in [0, 0.1) is 0 Å². The van der Waals surface area contributed by atoms with Gasteiger partial charge in [-0.3, -0.25) is 0 Å². The molecular formula is C14H24N2O6S2. The van der Waals surface area contributed by atoms with Crippen LogP contribution in [0.15, 0.2) is 34.1 Å². The summed E-state index contributed by atoms with van der Waals surface area (Å²) >= 11 is 0. The highest BCUT2D eigenvalue weighted by Gasteiger charge is 2.17. The first-order valence-corrected chi connectivity index (χ1v) is 10.5. The molecule has 138 valence electrons. The number of hydrogen-bond acceptors (Lipinski definition) is 6. The zero-order valence-electron chi connectivity index (χ0n) is 13.6.